The molecular formula is C19H21FN4O5S. The Balaban J connectivity index is 1.70. The van der Waals surface area contributed by atoms with Gasteiger partial charge in [0.05, 0.1) is 21.4 Å². The van der Waals surface area contributed by atoms with Gasteiger partial charge < -0.3 is 11.1 Å². The second kappa shape index (κ2) is 8.76. The highest BCUT2D eigenvalue weighted by molar-refractivity contribution is 7.89. The van der Waals surface area contributed by atoms with Crippen LogP contribution in [0.2, 0.25) is 0 Å². The van der Waals surface area contributed by atoms with E-state index in [-0.39, 0.29) is 17.0 Å². The Labute approximate surface area is 172 Å². The minimum atomic E-state index is -3.55. The zero-order valence-corrected chi connectivity index (χ0v) is 16.8. The van der Waals surface area contributed by atoms with Gasteiger partial charge in [-0.2, -0.15) is 4.31 Å². The molecule has 1 fully saturated rings. The zero-order valence-electron chi connectivity index (χ0n) is 16.0. The van der Waals surface area contributed by atoms with E-state index in [1.165, 1.54) is 16.4 Å². The van der Waals surface area contributed by atoms with E-state index in [4.69, 9.17) is 5.73 Å². The molecule has 0 unspecified atom stereocenters. The second-order valence-corrected chi connectivity index (χ2v) is 8.87. The van der Waals surface area contributed by atoms with Crippen molar-refractivity contribution < 1.29 is 22.5 Å². The number of hydrogen-bond donors (Lipinski definition) is 2. The minimum absolute atomic E-state index is 0.00657. The van der Waals surface area contributed by atoms with Gasteiger partial charge in [0.1, 0.15) is 11.5 Å². The van der Waals surface area contributed by atoms with Crippen LogP contribution < -0.4 is 11.1 Å². The first-order chi connectivity index (χ1) is 14.2. The fraction of sp³-hybridized carbons (Fsp3) is 0.316. The van der Waals surface area contributed by atoms with Gasteiger partial charge in [-0.15, -0.1) is 0 Å². The SMILES string of the molecule is Nc1c(C(=O)NCc2ccc(S(=O)(=O)N3CCCCC3)cc2)cc(F)cc1[N+](=O)[O-]. The average Bonchev–Trinajstić information content (AvgIpc) is 2.74. The molecule has 1 aliphatic rings. The van der Waals surface area contributed by atoms with Crippen LogP contribution in [0.25, 0.3) is 0 Å². The summed E-state index contributed by atoms with van der Waals surface area (Å²) in [7, 11) is -3.55. The van der Waals surface area contributed by atoms with Gasteiger partial charge in [-0.1, -0.05) is 18.6 Å². The summed E-state index contributed by atoms with van der Waals surface area (Å²) in [6.07, 6.45) is 2.69. The number of anilines is 1. The van der Waals surface area contributed by atoms with E-state index in [1.54, 1.807) is 12.1 Å². The van der Waals surface area contributed by atoms with Crippen LogP contribution in [0.1, 0.15) is 35.2 Å². The molecular weight excluding hydrogens is 415 g/mol. The van der Waals surface area contributed by atoms with Crippen molar-refractivity contribution >= 4 is 27.3 Å². The Morgan fingerprint density at radius 1 is 1.17 bits per heavy atom. The lowest BCUT2D eigenvalue weighted by atomic mass is 10.1. The van der Waals surface area contributed by atoms with Gasteiger partial charge in [-0.3, -0.25) is 14.9 Å². The molecule has 0 saturated carbocycles. The number of amides is 1. The van der Waals surface area contributed by atoms with Crippen molar-refractivity contribution in [2.24, 2.45) is 0 Å². The summed E-state index contributed by atoms with van der Waals surface area (Å²) in [4.78, 5) is 22.6. The lowest BCUT2D eigenvalue weighted by Gasteiger charge is -2.25. The predicted octanol–water partition coefficient (Wildman–Crippen LogP) is 2.42. The maximum atomic E-state index is 13.6. The van der Waals surface area contributed by atoms with Crippen molar-refractivity contribution in [3.63, 3.8) is 0 Å². The molecule has 11 heteroatoms. The number of piperidine rings is 1. The van der Waals surface area contributed by atoms with Crippen LogP contribution in [0.5, 0.6) is 0 Å². The normalized spacial score (nSPS) is 15.0. The highest BCUT2D eigenvalue weighted by Crippen LogP contribution is 2.27. The first-order valence-corrected chi connectivity index (χ1v) is 10.7. The fourth-order valence-corrected chi connectivity index (χ4v) is 4.77. The number of nitrogens with two attached hydrogens (primary N) is 1. The Morgan fingerprint density at radius 3 is 2.40 bits per heavy atom. The second-order valence-electron chi connectivity index (χ2n) is 6.93. The van der Waals surface area contributed by atoms with Gasteiger partial charge in [0.15, 0.2) is 0 Å². The van der Waals surface area contributed by atoms with E-state index < -0.39 is 38.0 Å². The number of halogens is 1. The van der Waals surface area contributed by atoms with E-state index in [1.807, 2.05) is 0 Å². The topological polar surface area (TPSA) is 136 Å². The Kier molecular flexibility index (Phi) is 6.32. The molecule has 2 aromatic carbocycles. The molecule has 0 aliphatic carbocycles. The molecule has 9 nitrogen and oxygen atoms in total. The van der Waals surface area contributed by atoms with Gasteiger partial charge in [-0.25, -0.2) is 12.8 Å². The van der Waals surface area contributed by atoms with E-state index >= 15 is 0 Å². The third-order valence-electron chi connectivity index (χ3n) is 4.89. The molecule has 30 heavy (non-hydrogen) atoms. The maximum absolute atomic E-state index is 13.6. The Morgan fingerprint density at radius 2 is 1.80 bits per heavy atom. The molecule has 0 atom stereocenters. The van der Waals surface area contributed by atoms with Crippen LogP contribution in [-0.2, 0) is 16.6 Å². The number of nitrogen functional groups attached to an aromatic ring is 1. The molecule has 1 saturated heterocycles. The fourth-order valence-electron chi connectivity index (χ4n) is 3.25. The van der Waals surface area contributed by atoms with Crippen molar-refractivity contribution in [2.75, 3.05) is 18.8 Å². The number of carbonyl (C=O) groups excluding carboxylic acids is 1. The lowest BCUT2D eigenvalue weighted by Crippen LogP contribution is -2.35. The van der Waals surface area contributed by atoms with Crippen LogP contribution in [0, 0.1) is 15.9 Å². The molecule has 1 aliphatic heterocycles. The molecule has 2 aromatic rings. The monoisotopic (exact) mass is 436 g/mol. The molecule has 0 bridgehead atoms. The standard InChI is InChI=1S/C19H21FN4O5S/c20-14-10-16(18(21)17(11-14)24(26)27)19(25)22-12-13-4-6-15(7-5-13)30(28,29)23-8-2-1-3-9-23/h4-7,10-11H,1-3,8-9,12,21H2,(H,22,25). The number of nitro benzene ring substituents is 1. The van der Waals surface area contributed by atoms with Crippen molar-refractivity contribution in [1.29, 1.82) is 0 Å². The van der Waals surface area contributed by atoms with Gasteiger partial charge in [0.2, 0.25) is 10.0 Å². The molecule has 3 rings (SSSR count). The third-order valence-corrected chi connectivity index (χ3v) is 6.81. The summed E-state index contributed by atoms with van der Waals surface area (Å²) in [6, 6.07) is 7.53. The Bertz CT molecular complexity index is 1070. The number of hydrogen-bond acceptors (Lipinski definition) is 6. The maximum Gasteiger partial charge on any atom is 0.295 e. The van der Waals surface area contributed by atoms with Gasteiger partial charge in [0.25, 0.3) is 11.6 Å². The predicted molar refractivity (Wildman–Crippen MR) is 108 cm³/mol. The van der Waals surface area contributed by atoms with E-state index in [9.17, 15) is 27.7 Å². The highest BCUT2D eigenvalue weighted by atomic mass is 32.2. The van der Waals surface area contributed by atoms with Crippen LogP contribution in [0.3, 0.4) is 0 Å². The number of carbonyl (C=O) groups is 1. The first-order valence-electron chi connectivity index (χ1n) is 9.31. The number of nitrogens with zero attached hydrogens (tertiary/aromatic N) is 2. The quantitative estimate of drug-likeness (QED) is 0.405. The number of sulfonamides is 1. The van der Waals surface area contributed by atoms with Gasteiger partial charge >= 0.3 is 0 Å². The van der Waals surface area contributed by atoms with Crippen LogP contribution >= 0.6 is 0 Å². The van der Waals surface area contributed by atoms with E-state index in [2.05, 4.69) is 5.32 Å². The molecule has 1 amide bonds. The number of benzene rings is 2. The summed E-state index contributed by atoms with van der Waals surface area (Å²) in [5, 5.41) is 13.4. The number of rotatable bonds is 6. The first kappa shape index (κ1) is 21.7. The summed E-state index contributed by atoms with van der Waals surface area (Å²) in [6.45, 7) is 1.01. The molecule has 1 heterocycles. The van der Waals surface area contributed by atoms with Crippen molar-refractivity contribution in [1.82, 2.24) is 9.62 Å². The molecule has 3 N–H and O–H groups in total. The largest absolute Gasteiger partial charge is 0.393 e. The number of nitro groups is 1. The van der Waals surface area contributed by atoms with Crippen molar-refractivity contribution in [3.05, 3.63) is 63.5 Å². The van der Waals surface area contributed by atoms with E-state index in [0.29, 0.717) is 24.7 Å². The highest BCUT2D eigenvalue weighted by Gasteiger charge is 2.26. The summed E-state index contributed by atoms with van der Waals surface area (Å²) < 4.78 is 40.4. The Hall–Kier alpha value is -3.05. The van der Waals surface area contributed by atoms with Crippen LogP contribution in [-0.4, -0.2) is 36.6 Å². The smallest absolute Gasteiger partial charge is 0.295 e. The molecule has 0 spiro atoms. The zero-order chi connectivity index (χ0) is 21.9. The van der Waals surface area contributed by atoms with Gasteiger partial charge in [0, 0.05) is 19.6 Å². The number of nitrogens with one attached hydrogen (secondary N) is 1. The van der Waals surface area contributed by atoms with Crippen LogP contribution in [0.15, 0.2) is 41.3 Å². The van der Waals surface area contributed by atoms with Gasteiger partial charge in [-0.05, 0) is 36.6 Å². The molecule has 0 aromatic heterocycles. The summed E-state index contributed by atoms with van der Waals surface area (Å²) in [5.41, 5.74) is 4.77. The van der Waals surface area contributed by atoms with E-state index in [0.717, 1.165) is 25.3 Å². The summed E-state index contributed by atoms with van der Waals surface area (Å²) in [5.74, 6) is -1.73. The average molecular weight is 436 g/mol. The van der Waals surface area contributed by atoms with Crippen LogP contribution in [0.4, 0.5) is 15.8 Å². The lowest BCUT2D eigenvalue weighted by molar-refractivity contribution is -0.384. The third kappa shape index (κ3) is 4.57. The minimum Gasteiger partial charge on any atom is -0.393 e. The summed E-state index contributed by atoms with van der Waals surface area (Å²) >= 11 is 0. The van der Waals surface area contributed by atoms with Crippen molar-refractivity contribution in [3.8, 4) is 0 Å². The van der Waals surface area contributed by atoms with Crippen molar-refractivity contribution in [2.45, 2.75) is 30.7 Å². The molecule has 0 radical (unpaired) electrons. The molecule has 160 valence electrons.